The molecule has 0 saturated heterocycles. The van der Waals surface area contributed by atoms with Crippen molar-refractivity contribution in [3.05, 3.63) is 61.8 Å². The minimum atomic E-state index is -0.246. The molecule has 0 radical (unpaired) electrons. The predicted octanol–water partition coefficient (Wildman–Crippen LogP) is 5.77. The zero-order valence-corrected chi connectivity index (χ0v) is 15.1. The first-order chi connectivity index (χ1) is 9.56. The number of benzene rings is 2. The van der Waals surface area contributed by atoms with Gasteiger partial charge >= 0.3 is 0 Å². The van der Waals surface area contributed by atoms with Gasteiger partial charge < -0.3 is 4.74 Å². The third kappa shape index (κ3) is 2.68. The van der Waals surface area contributed by atoms with Crippen LogP contribution in [-0.2, 0) is 6.42 Å². The van der Waals surface area contributed by atoms with E-state index >= 15 is 0 Å². The van der Waals surface area contributed by atoms with Gasteiger partial charge in [-0.05, 0) is 35.9 Å². The van der Waals surface area contributed by atoms with Crippen molar-refractivity contribution in [2.45, 2.75) is 11.2 Å². The summed E-state index contributed by atoms with van der Waals surface area (Å²) in [7, 11) is 0. The third-order valence-electron chi connectivity index (χ3n) is 3.28. The fourth-order valence-electron chi connectivity index (χ4n) is 2.36. The summed E-state index contributed by atoms with van der Waals surface area (Å²) in [6.45, 7) is 0.680. The highest BCUT2D eigenvalue weighted by molar-refractivity contribution is 9.11. The van der Waals surface area contributed by atoms with Gasteiger partial charge in [0.05, 0.1) is 11.4 Å². The molecule has 1 aliphatic heterocycles. The third-order valence-corrected chi connectivity index (χ3v) is 5.22. The molecule has 0 N–H and O–H groups in total. The number of halogens is 4. The van der Waals surface area contributed by atoms with Crippen molar-refractivity contribution in [1.29, 1.82) is 0 Å². The van der Waals surface area contributed by atoms with Gasteiger partial charge in [0, 0.05) is 26.5 Å². The van der Waals surface area contributed by atoms with Gasteiger partial charge in [0.2, 0.25) is 0 Å². The van der Waals surface area contributed by atoms with Crippen molar-refractivity contribution < 1.29 is 9.13 Å². The number of fused-ring (bicyclic) bond motifs is 1. The topological polar surface area (TPSA) is 9.23 Å². The molecule has 1 nitrogen and oxygen atoms in total. The summed E-state index contributed by atoms with van der Waals surface area (Å²) in [5.41, 5.74) is 2.70. The SMILES string of the molecule is Fc1ccc(Br)cc1C(Br)c1cc(Br)cc2c1OCC2. The Morgan fingerprint density at radius 3 is 2.60 bits per heavy atom. The minimum absolute atomic E-state index is 0.234. The summed E-state index contributed by atoms with van der Waals surface area (Å²) >= 11 is 10.5. The Kier molecular flexibility index (Phi) is 4.20. The molecule has 1 unspecified atom stereocenters. The summed E-state index contributed by atoms with van der Waals surface area (Å²) in [5.74, 6) is 0.635. The van der Waals surface area contributed by atoms with Crippen molar-refractivity contribution in [2.24, 2.45) is 0 Å². The van der Waals surface area contributed by atoms with Crippen molar-refractivity contribution in [3.63, 3.8) is 0 Å². The first-order valence-electron chi connectivity index (χ1n) is 6.10. The van der Waals surface area contributed by atoms with E-state index in [0.717, 1.165) is 32.2 Å². The summed E-state index contributed by atoms with van der Waals surface area (Å²) < 4.78 is 21.6. The fourth-order valence-corrected chi connectivity index (χ4v) is 3.96. The van der Waals surface area contributed by atoms with Gasteiger partial charge in [0.25, 0.3) is 0 Å². The molecule has 0 spiro atoms. The van der Waals surface area contributed by atoms with Crippen molar-refractivity contribution >= 4 is 47.8 Å². The second-order valence-electron chi connectivity index (χ2n) is 4.61. The van der Waals surface area contributed by atoms with Crippen LogP contribution in [0.1, 0.15) is 21.5 Å². The Bertz CT molecular complexity index is 672. The zero-order chi connectivity index (χ0) is 14.3. The normalized spacial score (nSPS) is 14.8. The molecule has 104 valence electrons. The standard InChI is InChI=1S/C15H10Br3FO/c16-9-1-2-13(19)11(6-9)14(18)12-7-10(17)5-8-3-4-20-15(8)12/h1-2,5-7,14H,3-4H2. The Morgan fingerprint density at radius 2 is 1.80 bits per heavy atom. The van der Waals surface area contributed by atoms with E-state index in [2.05, 4.69) is 53.9 Å². The minimum Gasteiger partial charge on any atom is -0.493 e. The molecule has 3 rings (SSSR count). The summed E-state index contributed by atoms with van der Waals surface area (Å²) in [6, 6.07) is 8.98. The first-order valence-corrected chi connectivity index (χ1v) is 8.60. The fraction of sp³-hybridized carbons (Fsp3) is 0.200. The van der Waals surface area contributed by atoms with E-state index in [1.165, 1.54) is 6.07 Å². The summed E-state index contributed by atoms with van der Waals surface area (Å²) in [4.78, 5) is -0.246. The molecule has 0 aromatic heterocycles. The molecular weight excluding hydrogens is 455 g/mol. The monoisotopic (exact) mass is 462 g/mol. The van der Waals surface area contributed by atoms with Gasteiger partial charge in [0.1, 0.15) is 11.6 Å². The van der Waals surface area contributed by atoms with Crippen molar-refractivity contribution in [2.75, 3.05) is 6.61 Å². The maximum atomic E-state index is 14.1. The number of ether oxygens (including phenoxy) is 1. The molecule has 0 bridgehead atoms. The molecule has 1 aliphatic rings. The maximum Gasteiger partial charge on any atom is 0.127 e. The smallest absolute Gasteiger partial charge is 0.127 e. The van der Waals surface area contributed by atoms with E-state index in [1.807, 2.05) is 6.07 Å². The molecule has 5 heteroatoms. The lowest BCUT2D eigenvalue weighted by Crippen LogP contribution is -2.00. The maximum absolute atomic E-state index is 14.1. The van der Waals surface area contributed by atoms with E-state index < -0.39 is 0 Å². The van der Waals surface area contributed by atoms with E-state index in [4.69, 9.17) is 4.74 Å². The van der Waals surface area contributed by atoms with Crippen LogP contribution in [0.15, 0.2) is 39.3 Å². The molecule has 1 heterocycles. The first kappa shape index (κ1) is 14.5. The number of hydrogen-bond acceptors (Lipinski definition) is 1. The number of alkyl halides is 1. The molecule has 2 aromatic carbocycles. The van der Waals surface area contributed by atoms with Crippen LogP contribution < -0.4 is 4.74 Å². The van der Waals surface area contributed by atoms with Gasteiger partial charge in [0.15, 0.2) is 0 Å². The summed E-state index contributed by atoms with van der Waals surface area (Å²) in [6.07, 6.45) is 0.891. The Hall–Kier alpha value is -0.390. The predicted molar refractivity (Wildman–Crippen MR) is 88.2 cm³/mol. The van der Waals surface area contributed by atoms with Crippen LogP contribution >= 0.6 is 47.8 Å². The van der Waals surface area contributed by atoms with Gasteiger partial charge in [-0.3, -0.25) is 0 Å². The van der Waals surface area contributed by atoms with E-state index in [9.17, 15) is 4.39 Å². The van der Waals surface area contributed by atoms with Crippen molar-refractivity contribution in [3.8, 4) is 5.75 Å². The Balaban J connectivity index is 2.11. The van der Waals surface area contributed by atoms with Crippen LogP contribution in [0.2, 0.25) is 0 Å². The lowest BCUT2D eigenvalue weighted by Gasteiger charge is -2.16. The average Bonchev–Trinajstić information content (AvgIpc) is 2.87. The van der Waals surface area contributed by atoms with Crippen LogP contribution in [0, 0.1) is 5.82 Å². The van der Waals surface area contributed by atoms with Crippen LogP contribution in [0.5, 0.6) is 5.75 Å². The molecule has 0 aliphatic carbocycles. The largest absolute Gasteiger partial charge is 0.493 e. The van der Waals surface area contributed by atoms with Crippen LogP contribution in [-0.4, -0.2) is 6.61 Å². The second-order valence-corrected chi connectivity index (χ2v) is 7.36. The highest BCUT2D eigenvalue weighted by Gasteiger charge is 2.24. The summed E-state index contributed by atoms with van der Waals surface area (Å²) in [5, 5.41) is 0. The molecule has 1 atom stereocenters. The molecule has 0 amide bonds. The molecule has 2 aromatic rings. The molecule has 0 fully saturated rings. The van der Waals surface area contributed by atoms with Crippen LogP contribution in [0.25, 0.3) is 0 Å². The second kappa shape index (κ2) is 5.78. The quantitative estimate of drug-likeness (QED) is 0.513. The zero-order valence-electron chi connectivity index (χ0n) is 10.3. The van der Waals surface area contributed by atoms with Crippen LogP contribution in [0.3, 0.4) is 0 Å². The average molecular weight is 465 g/mol. The van der Waals surface area contributed by atoms with Gasteiger partial charge in [-0.25, -0.2) is 4.39 Å². The number of rotatable bonds is 2. The van der Waals surface area contributed by atoms with Gasteiger partial charge in [-0.2, -0.15) is 0 Å². The number of hydrogen-bond donors (Lipinski definition) is 0. The lowest BCUT2D eigenvalue weighted by molar-refractivity contribution is 0.354. The highest BCUT2D eigenvalue weighted by atomic mass is 79.9. The van der Waals surface area contributed by atoms with Gasteiger partial charge in [-0.15, -0.1) is 0 Å². The van der Waals surface area contributed by atoms with Crippen molar-refractivity contribution in [1.82, 2.24) is 0 Å². The Labute approximate surface area is 141 Å². The van der Waals surface area contributed by atoms with Gasteiger partial charge in [-0.1, -0.05) is 47.8 Å². The lowest BCUT2D eigenvalue weighted by atomic mass is 10.0. The highest BCUT2D eigenvalue weighted by Crippen LogP contribution is 2.43. The van der Waals surface area contributed by atoms with E-state index in [-0.39, 0.29) is 10.6 Å². The van der Waals surface area contributed by atoms with E-state index in [1.54, 1.807) is 12.1 Å². The molecule has 0 saturated carbocycles. The van der Waals surface area contributed by atoms with E-state index in [0.29, 0.717) is 12.2 Å². The Morgan fingerprint density at radius 1 is 1.05 bits per heavy atom. The van der Waals surface area contributed by atoms with Crippen LogP contribution in [0.4, 0.5) is 4.39 Å². The molecular formula is C15H10Br3FO. The molecule has 20 heavy (non-hydrogen) atoms.